The number of pyridine rings is 1. The maximum atomic E-state index is 5.88. The molecule has 0 radical (unpaired) electrons. The second-order valence-electron chi connectivity index (χ2n) is 4.46. The third kappa shape index (κ3) is 3.54. The molecule has 2 rings (SSSR count). The maximum absolute atomic E-state index is 5.88. The molecular weight excluding hydrogens is 266 g/mol. The van der Waals surface area contributed by atoms with E-state index < -0.39 is 0 Å². The van der Waals surface area contributed by atoms with Gasteiger partial charge >= 0.3 is 0 Å². The Morgan fingerprint density at radius 2 is 2.06 bits per heavy atom. The van der Waals surface area contributed by atoms with Gasteiger partial charge in [-0.15, -0.1) is 0 Å². The number of nitrogens with two attached hydrogens (primary N) is 1. The van der Waals surface area contributed by atoms with Crippen LogP contribution in [0.5, 0.6) is 0 Å². The molecule has 3 N–H and O–H groups in total. The van der Waals surface area contributed by atoms with Crippen LogP contribution in [0.25, 0.3) is 0 Å². The lowest BCUT2D eigenvalue weighted by Crippen LogP contribution is -2.37. The lowest BCUT2D eigenvalue weighted by Gasteiger charge is -2.26. The number of aromatic nitrogens is 1. The van der Waals surface area contributed by atoms with E-state index in [9.17, 15) is 0 Å². The summed E-state index contributed by atoms with van der Waals surface area (Å²) < 4.78 is 1.03. The SMILES string of the molecule is NC1CCC(NCc2ccc(Br)cn2)CC1. The van der Waals surface area contributed by atoms with Gasteiger partial charge in [-0.25, -0.2) is 0 Å². The van der Waals surface area contributed by atoms with Crippen molar-refractivity contribution in [2.24, 2.45) is 5.73 Å². The van der Waals surface area contributed by atoms with Crippen molar-refractivity contribution in [1.82, 2.24) is 10.3 Å². The number of nitrogens with zero attached hydrogens (tertiary/aromatic N) is 1. The summed E-state index contributed by atoms with van der Waals surface area (Å²) in [6.45, 7) is 0.854. The van der Waals surface area contributed by atoms with Crippen LogP contribution in [0.1, 0.15) is 31.4 Å². The van der Waals surface area contributed by atoms with E-state index in [1.807, 2.05) is 18.3 Å². The molecule has 0 aliphatic heterocycles. The van der Waals surface area contributed by atoms with Gasteiger partial charge in [0.25, 0.3) is 0 Å². The highest BCUT2D eigenvalue weighted by atomic mass is 79.9. The highest BCUT2D eigenvalue weighted by Crippen LogP contribution is 2.17. The fourth-order valence-corrected chi connectivity index (χ4v) is 2.32. The predicted octanol–water partition coefficient (Wildman–Crippen LogP) is 2.20. The zero-order chi connectivity index (χ0) is 11.4. The van der Waals surface area contributed by atoms with E-state index in [0.717, 1.165) is 29.6 Å². The molecule has 0 amide bonds. The van der Waals surface area contributed by atoms with E-state index in [2.05, 4.69) is 26.2 Å². The Hall–Kier alpha value is -0.450. The summed E-state index contributed by atoms with van der Waals surface area (Å²) in [7, 11) is 0. The van der Waals surface area contributed by atoms with Crippen LogP contribution in [0, 0.1) is 0 Å². The van der Waals surface area contributed by atoms with Crippen molar-refractivity contribution < 1.29 is 0 Å². The minimum absolute atomic E-state index is 0.420. The number of halogens is 1. The molecule has 0 spiro atoms. The fourth-order valence-electron chi connectivity index (χ4n) is 2.08. The molecule has 0 atom stereocenters. The van der Waals surface area contributed by atoms with Gasteiger partial charge in [0.1, 0.15) is 0 Å². The van der Waals surface area contributed by atoms with Gasteiger partial charge in [-0.1, -0.05) is 0 Å². The Labute approximate surface area is 105 Å². The van der Waals surface area contributed by atoms with E-state index in [0.29, 0.717) is 12.1 Å². The van der Waals surface area contributed by atoms with Crippen molar-refractivity contribution in [2.45, 2.75) is 44.3 Å². The van der Waals surface area contributed by atoms with Crippen LogP contribution in [-0.2, 0) is 6.54 Å². The standard InChI is InChI=1S/C12H18BrN3/c13-9-1-4-12(15-7-9)8-16-11-5-2-10(14)3-6-11/h1,4,7,10-11,16H,2-3,5-6,8,14H2. The zero-order valence-corrected chi connectivity index (χ0v) is 10.9. The largest absolute Gasteiger partial charge is 0.328 e. The monoisotopic (exact) mass is 283 g/mol. The molecule has 1 aromatic heterocycles. The van der Waals surface area contributed by atoms with Crippen molar-refractivity contribution >= 4 is 15.9 Å². The fraction of sp³-hybridized carbons (Fsp3) is 0.583. The average Bonchev–Trinajstić information content (AvgIpc) is 2.30. The Bertz CT molecular complexity index is 318. The Kier molecular flexibility index (Phi) is 4.32. The second-order valence-corrected chi connectivity index (χ2v) is 5.38. The Morgan fingerprint density at radius 1 is 1.31 bits per heavy atom. The maximum Gasteiger partial charge on any atom is 0.0542 e. The van der Waals surface area contributed by atoms with Gasteiger partial charge in [0.15, 0.2) is 0 Å². The van der Waals surface area contributed by atoms with Crippen LogP contribution in [0.2, 0.25) is 0 Å². The molecule has 1 heterocycles. The zero-order valence-electron chi connectivity index (χ0n) is 9.32. The van der Waals surface area contributed by atoms with Crippen LogP contribution in [0.4, 0.5) is 0 Å². The van der Waals surface area contributed by atoms with Crippen molar-refractivity contribution in [3.8, 4) is 0 Å². The van der Waals surface area contributed by atoms with Crippen LogP contribution in [0.3, 0.4) is 0 Å². The van der Waals surface area contributed by atoms with Gasteiger partial charge in [0.05, 0.1) is 5.69 Å². The van der Waals surface area contributed by atoms with Gasteiger partial charge in [0.2, 0.25) is 0 Å². The first-order valence-corrected chi connectivity index (χ1v) is 6.63. The molecule has 3 nitrogen and oxygen atoms in total. The normalized spacial score (nSPS) is 25.6. The lowest BCUT2D eigenvalue weighted by atomic mass is 9.92. The van der Waals surface area contributed by atoms with Crippen LogP contribution >= 0.6 is 15.9 Å². The van der Waals surface area contributed by atoms with E-state index in [4.69, 9.17) is 5.73 Å². The summed E-state index contributed by atoms with van der Waals surface area (Å²) >= 11 is 3.38. The first-order chi connectivity index (χ1) is 7.74. The van der Waals surface area contributed by atoms with Crippen molar-refractivity contribution in [1.29, 1.82) is 0 Å². The number of nitrogens with one attached hydrogen (secondary N) is 1. The summed E-state index contributed by atoms with van der Waals surface area (Å²) in [5, 5.41) is 3.54. The molecule has 0 aromatic carbocycles. The van der Waals surface area contributed by atoms with E-state index in [1.54, 1.807) is 0 Å². The highest BCUT2D eigenvalue weighted by Gasteiger charge is 2.17. The summed E-state index contributed by atoms with van der Waals surface area (Å²) in [4.78, 5) is 4.34. The van der Waals surface area contributed by atoms with Crippen LogP contribution in [-0.4, -0.2) is 17.1 Å². The molecule has 1 aromatic rings. The van der Waals surface area contributed by atoms with Gasteiger partial charge in [-0.3, -0.25) is 4.98 Å². The predicted molar refractivity (Wildman–Crippen MR) is 69.0 cm³/mol. The number of rotatable bonds is 3. The molecule has 1 saturated carbocycles. The molecule has 4 heteroatoms. The average molecular weight is 284 g/mol. The topological polar surface area (TPSA) is 50.9 Å². The van der Waals surface area contributed by atoms with Crippen molar-refractivity contribution in [2.75, 3.05) is 0 Å². The second kappa shape index (κ2) is 5.75. The molecule has 1 fully saturated rings. The summed E-state index contributed by atoms with van der Waals surface area (Å²) in [6, 6.07) is 5.11. The molecule has 0 saturated heterocycles. The molecular formula is C12H18BrN3. The molecule has 88 valence electrons. The third-order valence-electron chi connectivity index (χ3n) is 3.13. The summed E-state index contributed by atoms with van der Waals surface area (Å²) in [6.07, 6.45) is 6.51. The summed E-state index contributed by atoms with van der Waals surface area (Å²) in [5.74, 6) is 0. The highest BCUT2D eigenvalue weighted by molar-refractivity contribution is 9.10. The first-order valence-electron chi connectivity index (χ1n) is 5.83. The van der Waals surface area contributed by atoms with Gasteiger partial charge in [-0.2, -0.15) is 0 Å². The molecule has 1 aliphatic rings. The Morgan fingerprint density at radius 3 is 2.69 bits per heavy atom. The minimum Gasteiger partial charge on any atom is -0.328 e. The van der Waals surface area contributed by atoms with Crippen molar-refractivity contribution in [3.05, 3.63) is 28.5 Å². The van der Waals surface area contributed by atoms with Gasteiger partial charge in [0, 0.05) is 29.3 Å². The smallest absolute Gasteiger partial charge is 0.0542 e. The number of hydrogen-bond donors (Lipinski definition) is 2. The molecule has 1 aliphatic carbocycles. The first kappa shape index (κ1) is 12.0. The molecule has 0 bridgehead atoms. The minimum atomic E-state index is 0.420. The third-order valence-corrected chi connectivity index (χ3v) is 3.60. The van der Waals surface area contributed by atoms with E-state index in [-0.39, 0.29) is 0 Å². The Balaban J connectivity index is 1.77. The van der Waals surface area contributed by atoms with E-state index >= 15 is 0 Å². The molecule has 16 heavy (non-hydrogen) atoms. The van der Waals surface area contributed by atoms with E-state index in [1.165, 1.54) is 12.8 Å². The molecule has 0 unspecified atom stereocenters. The van der Waals surface area contributed by atoms with Crippen molar-refractivity contribution in [3.63, 3.8) is 0 Å². The lowest BCUT2D eigenvalue weighted by molar-refractivity contribution is 0.341. The number of hydrogen-bond acceptors (Lipinski definition) is 3. The summed E-state index contributed by atoms with van der Waals surface area (Å²) in [5.41, 5.74) is 6.97. The van der Waals surface area contributed by atoms with Crippen LogP contribution in [0.15, 0.2) is 22.8 Å². The van der Waals surface area contributed by atoms with Crippen LogP contribution < -0.4 is 11.1 Å². The van der Waals surface area contributed by atoms with Gasteiger partial charge < -0.3 is 11.1 Å². The van der Waals surface area contributed by atoms with Gasteiger partial charge in [-0.05, 0) is 53.7 Å². The quantitative estimate of drug-likeness (QED) is 0.894.